The first-order valence-corrected chi connectivity index (χ1v) is 10.9. The number of halogens is 1. The lowest BCUT2D eigenvalue weighted by atomic mass is 10.2. The van der Waals surface area contributed by atoms with Crippen molar-refractivity contribution in [2.75, 3.05) is 39.0 Å². The number of rotatable bonds is 7. The Morgan fingerprint density at radius 1 is 1.07 bits per heavy atom. The largest absolute Gasteiger partial charge is 0.297 e. The Morgan fingerprint density at radius 2 is 1.71 bits per heavy atom. The summed E-state index contributed by atoms with van der Waals surface area (Å²) in [4.78, 5) is 17.9. The first kappa shape index (κ1) is 20.9. The standard InChI is InChI=1S/C21H25ClN4OS/c1-28-20-8-4-17(5-9-20)14-23-24-21(27)16-26-12-10-25(11-13-26)15-18-2-6-19(22)7-3-18/h2-9,14H,10-13,15-16H2,1H3,(H,24,27). The van der Waals surface area contributed by atoms with Crippen molar-refractivity contribution in [2.45, 2.75) is 11.4 Å². The second-order valence-electron chi connectivity index (χ2n) is 6.75. The van der Waals surface area contributed by atoms with E-state index in [1.165, 1.54) is 10.5 Å². The number of carbonyl (C=O) groups excluding carboxylic acids is 1. The molecule has 1 N–H and O–H groups in total. The highest BCUT2D eigenvalue weighted by atomic mass is 35.5. The van der Waals surface area contributed by atoms with Crippen molar-refractivity contribution in [2.24, 2.45) is 5.10 Å². The van der Waals surface area contributed by atoms with Gasteiger partial charge in [-0.05, 0) is 41.6 Å². The second-order valence-corrected chi connectivity index (χ2v) is 8.06. The van der Waals surface area contributed by atoms with Crippen LogP contribution >= 0.6 is 23.4 Å². The molecule has 1 aliphatic rings. The highest BCUT2D eigenvalue weighted by molar-refractivity contribution is 7.98. The number of nitrogens with zero attached hydrogens (tertiary/aromatic N) is 3. The molecule has 0 aromatic heterocycles. The Bertz CT molecular complexity index is 787. The Kier molecular flexibility index (Phi) is 7.91. The fourth-order valence-corrected chi connectivity index (χ4v) is 3.59. The van der Waals surface area contributed by atoms with Crippen LogP contribution in [0.1, 0.15) is 11.1 Å². The van der Waals surface area contributed by atoms with Gasteiger partial charge >= 0.3 is 0 Å². The molecule has 0 aliphatic carbocycles. The van der Waals surface area contributed by atoms with Gasteiger partial charge in [0, 0.05) is 42.6 Å². The van der Waals surface area contributed by atoms with Gasteiger partial charge in [-0.1, -0.05) is 35.9 Å². The third kappa shape index (κ3) is 6.63. The summed E-state index contributed by atoms with van der Waals surface area (Å²) < 4.78 is 0. The van der Waals surface area contributed by atoms with Crippen molar-refractivity contribution in [3.63, 3.8) is 0 Å². The molecular formula is C21H25ClN4OS. The normalized spacial score (nSPS) is 15.8. The van der Waals surface area contributed by atoms with Gasteiger partial charge in [-0.3, -0.25) is 14.6 Å². The molecule has 0 unspecified atom stereocenters. The average Bonchev–Trinajstić information content (AvgIpc) is 2.72. The molecule has 2 aromatic rings. The Hall–Kier alpha value is -1.86. The van der Waals surface area contributed by atoms with E-state index < -0.39 is 0 Å². The minimum atomic E-state index is -0.0804. The summed E-state index contributed by atoms with van der Waals surface area (Å²) in [6.07, 6.45) is 3.72. The second kappa shape index (κ2) is 10.6. The smallest absolute Gasteiger partial charge is 0.254 e. The van der Waals surface area contributed by atoms with Crippen molar-refractivity contribution in [1.29, 1.82) is 0 Å². The molecule has 5 nitrogen and oxygen atoms in total. The number of piperazine rings is 1. The highest BCUT2D eigenvalue weighted by Gasteiger charge is 2.18. The third-order valence-electron chi connectivity index (χ3n) is 4.67. The van der Waals surface area contributed by atoms with Crippen LogP contribution in [0.3, 0.4) is 0 Å². The minimum absolute atomic E-state index is 0.0804. The maximum absolute atomic E-state index is 12.1. The lowest BCUT2D eigenvalue weighted by Crippen LogP contribution is -2.48. The van der Waals surface area contributed by atoms with Gasteiger partial charge in [-0.2, -0.15) is 5.10 Å². The maximum atomic E-state index is 12.1. The number of hydrogen-bond donors (Lipinski definition) is 1. The summed E-state index contributed by atoms with van der Waals surface area (Å²) in [6, 6.07) is 16.0. The number of thioether (sulfide) groups is 1. The van der Waals surface area contributed by atoms with Crippen LogP contribution in [0.25, 0.3) is 0 Å². The van der Waals surface area contributed by atoms with Crippen molar-refractivity contribution in [1.82, 2.24) is 15.2 Å². The molecule has 0 saturated carbocycles. The Balaban J connectivity index is 1.37. The summed E-state index contributed by atoms with van der Waals surface area (Å²) >= 11 is 7.63. The van der Waals surface area contributed by atoms with E-state index in [1.54, 1.807) is 18.0 Å². The molecule has 2 aromatic carbocycles. The van der Waals surface area contributed by atoms with Crippen LogP contribution in [0.4, 0.5) is 0 Å². The molecule has 0 spiro atoms. The molecular weight excluding hydrogens is 392 g/mol. The maximum Gasteiger partial charge on any atom is 0.254 e. The molecule has 0 radical (unpaired) electrons. The molecule has 0 bridgehead atoms. The first-order chi connectivity index (χ1) is 13.6. The third-order valence-corrected chi connectivity index (χ3v) is 5.67. The molecule has 148 valence electrons. The van der Waals surface area contributed by atoms with Gasteiger partial charge in [-0.15, -0.1) is 11.8 Å². The summed E-state index contributed by atoms with van der Waals surface area (Å²) in [6.45, 7) is 4.93. The average molecular weight is 417 g/mol. The van der Waals surface area contributed by atoms with Crippen molar-refractivity contribution in [3.05, 3.63) is 64.7 Å². The number of benzene rings is 2. The minimum Gasteiger partial charge on any atom is -0.297 e. The van der Waals surface area contributed by atoms with Gasteiger partial charge in [-0.25, -0.2) is 5.43 Å². The summed E-state index contributed by atoms with van der Waals surface area (Å²) in [5, 5.41) is 4.82. The fraction of sp³-hybridized carbons (Fsp3) is 0.333. The van der Waals surface area contributed by atoms with Crippen LogP contribution in [-0.4, -0.2) is 60.9 Å². The van der Waals surface area contributed by atoms with E-state index in [9.17, 15) is 4.79 Å². The highest BCUT2D eigenvalue weighted by Crippen LogP contribution is 2.14. The van der Waals surface area contributed by atoms with Crippen LogP contribution in [0.15, 0.2) is 58.5 Å². The molecule has 7 heteroatoms. The first-order valence-electron chi connectivity index (χ1n) is 9.27. The molecule has 1 fully saturated rings. The molecule has 1 amide bonds. The zero-order valence-corrected chi connectivity index (χ0v) is 17.5. The quantitative estimate of drug-likeness (QED) is 0.427. The Labute approximate surface area is 175 Å². The van der Waals surface area contributed by atoms with Gasteiger partial charge in [0.15, 0.2) is 0 Å². The van der Waals surface area contributed by atoms with E-state index in [1.807, 2.05) is 42.7 Å². The van der Waals surface area contributed by atoms with Crippen molar-refractivity contribution < 1.29 is 4.79 Å². The zero-order valence-electron chi connectivity index (χ0n) is 16.0. The zero-order chi connectivity index (χ0) is 19.8. The lowest BCUT2D eigenvalue weighted by Gasteiger charge is -2.34. The van der Waals surface area contributed by atoms with Gasteiger partial charge in [0.2, 0.25) is 0 Å². The van der Waals surface area contributed by atoms with Crippen molar-refractivity contribution >= 4 is 35.5 Å². The molecule has 0 atom stereocenters. The van der Waals surface area contributed by atoms with Gasteiger partial charge < -0.3 is 0 Å². The van der Waals surface area contributed by atoms with Crippen LogP contribution < -0.4 is 5.43 Å². The topological polar surface area (TPSA) is 47.9 Å². The van der Waals surface area contributed by atoms with Crippen molar-refractivity contribution in [3.8, 4) is 0 Å². The van der Waals surface area contributed by atoms with E-state index >= 15 is 0 Å². The predicted molar refractivity (Wildman–Crippen MR) is 117 cm³/mol. The van der Waals surface area contributed by atoms with E-state index in [-0.39, 0.29) is 5.91 Å². The lowest BCUT2D eigenvalue weighted by molar-refractivity contribution is -0.122. The monoisotopic (exact) mass is 416 g/mol. The summed E-state index contributed by atoms with van der Waals surface area (Å²) in [7, 11) is 0. The Morgan fingerprint density at radius 3 is 2.36 bits per heavy atom. The molecule has 3 rings (SSSR count). The summed E-state index contributed by atoms with van der Waals surface area (Å²) in [5.41, 5.74) is 4.85. The number of nitrogens with one attached hydrogen (secondary N) is 1. The van der Waals surface area contributed by atoms with E-state index in [4.69, 9.17) is 11.6 Å². The predicted octanol–water partition coefficient (Wildman–Crippen LogP) is 3.33. The van der Waals surface area contributed by atoms with E-state index in [2.05, 4.69) is 32.5 Å². The van der Waals surface area contributed by atoms with E-state index in [0.29, 0.717) is 6.54 Å². The molecule has 1 heterocycles. The number of hydrogen-bond acceptors (Lipinski definition) is 5. The van der Waals surface area contributed by atoms with Gasteiger partial charge in [0.1, 0.15) is 0 Å². The molecule has 28 heavy (non-hydrogen) atoms. The van der Waals surface area contributed by atoms with E-state index in [0.717, 1.165) is 43.3 Å². The van der Waals surface area contributed by atoms with Crippen LogP contribution in [0.5, 0.6) is 0 Å². The summed E-state index contributed by atoms with van der Waals surface area (Å²) in [5.74, 6) is -0.0804. The van der Waals surface area contributed by atoms with Crippen LogP contribution in [0.2, 0.25) is 5.02 Å². The molecule has 1 aliphatic heterocycles. The fourth-order valence-electron chi connectivity index (χ4n) is 3.06. The number of carbonyl (C=O) groups is 1. The van der Waals surface area contributed by atoms with Crippen LogP contribution in [-0.2, 0) is 11.3 Å². The van der Waals surface area contributed by atoms with Gasteiger partial charge in [0.05, 0.1) is 12.8 Å². The number of amides is 1. The van der Waals surface area contributed by atoms with Crippen LogP contribution in [0, 0.1) is 0 Å². The van der Waals surface area contributed by atoms with Gasteiger partial charge in [0.25, 0.3) is 5.91 Å². The number of hydrazone groups is 1. The molecule has 1 saturated heterocycles. The SMILES string of the molecule is CSc1ccc(C=NNC(=O)CN2CCN(Cc3ccc(Cl)cc3)CC2)cc1.